The molecule has 92 valence electrons. The van der Waals surface area contributed by atoms with E-state index in [2.05, 4.69) is 0 Å². The normalized spacial score (nSPS) is 16.9. The molecule has 0 saturated heterocycles. The number of carbonyl (C=O) groups is 1. The molecule has 1 atom stereocenters. The zero-order valence-electron chi connectivity index (χ0n) is 8.92. The van der Waals surface area contributed by atoms with Crippen LogP contribution < -0.4 is 0 Å². The molecule has 0 spiro atoms. The molecule has 1 aromatic carbocycles. The summed E-state index contributed by atoms with van der Waals surface area (Å²) in [5.74, 6) is -3.17. The lowest BCUT2D eigenvalue weighted by Gasteiger charge is -2.16. The Morgan fingerprint density at radius 2 is 2.12 bits per heavy atom. The predicted molar refractivity (Wildman–Crippen MR) is 59.1 cm³/mol. The molecule has 5 heteroatoms. The summed E-state index contributed by atoms with van der Waals surface area (Å²) in [5.41, 5.74) is -0.178. The van der Waals surface area contributed by atoms with Crippen LogP contribution in [0.2, 0.25) is 5.02 Å². The molecule has 0 radical (unpaired) electrons. The van der Waals surface area contributed by atoms with Gasteiger partial charge in [-0.3, -0.25) is 4.79 Å². The first-order valence-corrected chi connectivity index (χ1v) is 5.73. The number of benzene rings is 1. The van der Waals surface area contributed by atoms with Gasteiger partial charge in [-0.1, -0.05) is 11.6 Å². The molecule has 1 aromatic rings. The first-order chi connectivity index (χ1) is 8.00. The highest BCUT2D eigenvalue weighted by Gasteiger charge is 2.37. The molecule has 1 aliphatic rings. The molecule has 0 amide bonds. The van der Waals surface area contributed by atoms with E-state index >= 15 is 0 Å². The maximum atomic E-state index is 13.8. The zero-order valence-corrected chi connectivity index (χ0v) is 9.68. The average molecular weight is 261 g/mol. The molecule has 1 N–H and O–H groups in total. The molecule has 17 heavy (non-hydrogen) atoms. The summed E-state index contributed by atoms with van der Waals surface area (Å²) >= 11 is 5.60. The van der Waals surface area contributed by atoms with E-state index < -0.39 is 23.5 Å². The van der Waals surface area contributed by atoms with Crippen LogP contribution in [-0.2, 0) is 4.79 Å². The highest BCUT2D eigenvalue weighted by atomic mass is 35.5. The zero-order chi connectivity index (χ0) is 12.6. The number of halogens is 3. The van der Waals surface area contributed by atoms with E-state index in [1.54, 1.807) is 0 Å². The minimum Gasteiger partial charge on any atom is -0.481 e. The van der Waals surface area contributed by atoms with Gasteiger partial charge in [-0.15, -0.1) is 0 Å². The minimum absolute atomic E-state index is 0.0496. The van der Waals surface area contributed by atoms with Gasteiger partial charge < -0.3 is 5.11 Å². The van der Waals surface area contributed by atoms with E-state index in [1.165, 1.54) is 0 Å². The summed E-state index contributed by atoms with van der Waals surface area (Å²) in [7, 11) is 0. The Kier molecular flexibility index (Phi) is 3.33. The van der Waals surface area contributed by atoms with Crippen LogP contribution in [0.4, 0.5) is 8.78 Å². The maximum absolute atomic E-state index is 13.8. The molecule has 1 fully saturated rings. The van der Waals surface area contributed by atoms with Crippen molar-refractivity contribution in [3.8, 4) is 0 Å². The molecule has 0 aromatic heterocycles. The largest absolute Gasteiger partial charge is 0.481 e. The second kappa shape index (κ2) is 4.61. The van der Waals surface area contributed by atoms with Crippen molar-refractivity contribution < 1.29 is 18.7 Å². The van der Waals surface area contributed by atoms with Crippen LogP contribution in [0.3, 0.4) is 0 Å². The van der Waals surface area contributed by atoms with Crippen molar-refractivity contribution in [2.45, 2.75) is 25.2 Å². The summed E-state index contributed by atoms with van der Waals surface area (Å²) in [4.78, 5) is 10.7. The fourth-order valence-electron chi connectivity index (χ4n) is 2.07. The molecular formula is C12H11ClF2O2. The lowest BCUT2D eigenvalue weighted by molar-refractivity contribution is -0.137. The summed E-state index contributed by atoms with van der Waals surface area (Å²) in [6.07, 6.45) is 1.35. The van der Waals surface area contributed by atoms with Gasteiger partial charge in [0.25, 0.3) is 0 Å². The van der Waals surface area contributed by atoms with Crippen molar-refractivity contribution in [1.82, 2.24) is 0 Å². The summed E-state index contributed by atoms with van der Waals surface area (Å²) in [6, 6.07) is 2.22. The van der Waals surface area contributed by atoms with E-state index in [0.29, 0.717) is 0 Å². The van der Waals surface area contributed by atoms with Gasteiger partial charge in [0.15, 0.2) is 0 Å². The summed E-state index contributed by atoms with van der Waals surface area (Å²) in [5, 5.41) is 8.63. The Bertz CT molecular complexity index is 458. The molecule has 2 rings (SSSR count). The molecule has 0 aliphatic heterocycles. The molecule has 1 saturated carbocycles. The number of rotatable bonds is 4. The van der Waals surface area contributed by atoms with Gasteiger partial charge in [-0.2, -0.15) is 0 Å². The first-order valence-electron chi connectivity index (χ1n) is 5.36. The van der Waals surface area contributed by atoms with Crippen molar-refractivity contribution in [1.29, 1.82) is 0 Å². The quantitative estimate of drug-likeness (QED) is 0.840. The second-order valence-electron chi connectivity index (χ2n) is 4.30. The predicted octanol–water partition coefficient (Wildman–Crippen LogP) is 3.59. The minimum atomic E-state index is -1.05. The van der Waals surface area contributed by atoms with Gasteiger partial charge in [0, 0.05) is 11.5 Å². The molecule has 2 nitrogen and oxygen atoms in total. The molecule has 1 aliphatic carbocycles. The number of aliphatic carboxylic acids is 1. The van der Waals surface area contributed by atoms with E-state index in [4.69, 9.17) is 16.7 Å². The van der Waals surface area contributed by atoms with Crippen LogP contribution in [0.15, 0.2) is 12.1 Å². The van der Waals surface area contributed by atoms with Crippen molar-refractivity contribution >= 4 is 17.6 Å². The van der Waals surface area contributed by atoms with Gasteiger partial charge >= 0.3 is 5.97 Å². The molecule has 0 bridgehead atoms. The third-order valence-corrected chi connectivity index (χ3v) is 3.33. The Balaban J connectivity index is 2.41. The number of carboxylic acid groups (broad SMARTS) is 1. The van der Waals surface area contributed by atoms with Crippen LogP contribution >= 0.6 is 11.6 Å². The van der Waals surface area contributed by atoms with Crippen molar-refractivity contribution in [2.75, 3.05) is 0 Å². The first kappa shape index (κ1) is 12.3. The number of hydrogen-bond acceptors (Lipinski definition) is 1. The van der Waals surface area contributed by atoms with E-state index in [-0.39, 0.29) is 22.9 Å². The number of carboxylic acids is 1. The summed E-state index contributed by atoms with van der Waals surface area (Å²) in [6.45, 7) is 0. The third-order valence-electron chi connectivity index (χ3n) is 3.04. The Morgan fingerprint density at radius 1 is 1.47 bits per heavy atom. The lowest BCUT2D eigenvalue weighted by Crippen LogP contribution is -2.12. The van der Waals surface area contributed by atoms with Crippen LogP contribution in [-0.4, -0.2) is 11.1 Å². The topological polar surface area (TPSA) is 37.3 Å². The highest BCUT2D eigenvalue weighted by molar-refractivity contribution is 6.30. The van der Waals surface area contributed by atoms with Gasteiger partial charge in [-0.25, -0.2) is 8.78 Å². The van der Waals surface area contributed by atoms with Crippen LogP contribution in [0.25, 0.3) is 0 Å². The Hall–Kier alpha value is -1.16. The molecule has 1 unspecified atom stereocenters. The highest BCUT2D eigenvalue weighted by Crippen LogP contribution is 2.46. The van der Waals surface area contributed by atoms with Gasteiger partial charge in [0.2, 0.25) is 0 Å². The van der Waals surface area contributed by atoms with Crippen LogP contribution in [0, 0.1) is 17.6 Å². The van der Waals surface area contributed by atoms with Gasteiger partial charge in [-0.05, 0) is 30.9 Å². The number of hydrogen-bond donors (Lipinski definition) is 1. The second-order valence-corrected chi connectivity index (χ2v) is 4.71. The Labute approximate surface area is 102 Å². The monoisotopic (exact) mass is 260 g/mol. The van der Waals surface area contributed by atoms with Crippen LogP contribution in [0.5, 0.6) is 0 Å². The fourth-order valence-corrected chi connectivity index (χ4v) is 2.24. The Morgan fingerprint density at radius 3 is 2.65 bits per heavy atom. The third kappa shape index (κ3) is 2.57. The smallest absolute Gasteiger partial charge is 0.303 e. The van der Waals surface area contributed by atoms with Crippen molar-refractivity contribution in [2.24, 2.45) is 5.92 Å². The SMILES string of the molecule is O=C(O)CC(c1c(F)ccc(Cl)c1F)C1CC1. The lowest BCUT2D eigenvalue weighted by atomic mass is 9.90. The van der Waals surface area contributed by atoms with E-state index in [1.807, 2.05) is 0 Å². The summed E-state index contributed by atoms with van der Waals surface area (Å²) < 4.78 is 27.4. The van der Waals surface area contributed by atoms with E-state index in [9.17, 15) is 13.6 Å². The van der Waals surface area contributed by atoms with E-state index in [0.717, 1.165) is 25.0 Å². The average Bonchev–Trinajstić information content (AvgIpc) is 3.06. The molecule has 0 heterocycles. The van der Waals surface area contributed by atoms with Gasteiger partial charge in [0.1, 0.15) is 11.6 Å². The maximum Gasteiger partial charge on any atom is 0.303 e. The fraction of sp³-hybridized carbons (Fsp3) is 0.417. The molecular weight excluding hydrogens is 250 g/mol. The standard InChI is InChI=1S/C12H11ClF2O2/c13-8-3-4-9(14)11(12(8)15)7(5-10(16)17)6-1-2-6/h3-4,6-7H,1-2,5H2,(H,16,17). The van der Waals surface area contributed by atoms with Crippen molar-refractivity contribution in [3.05, 3.63) is 34.4 Å². The van der Waals surface area contributed by atoms with Crippen LogP contribution in [0.1, 0.15) is 30.7 Å². The van der Waals surface area contributed by atoms with Gasteiger partial charge in [0.05, 0.1) is 11.4 Å². The van der Waals surface area contributed by atoms with Crippen molar-refractivity contribution in [3.63, 3.8) is 0 Å².